The maximum atomic E-state index is 6.08. The molecule has 1 heterocycles. The van der Waals surface area contributed by atoms with Crippen LogP contribution < -0.4 is 5.73 Å². The van der Waals surface area contributed by atoms with E-state index in [2.05, 4.69) is 36.3 Å². The molecule has 2 nitrogen and oxygen atoms in total. The smallest absolute Gasteiger partial charge is 0.0638 e. The largest absolute Gasteiger partial charge is 0.398 e. The molecule has 0 saturated heterocycles. The van der Waals surface area contributed by atoms with Gasteiger partial charge in [-0.2, -0.15) is 0 Å². The van der Waals surface area contributed by atoms with Gasteiger partial charge in [-0.25, -0.2) is 0 Å². The maximum absolute atomic E-state index is 6.08. The van der Waals surface area contributed by atoms with Gasteiger partial charge >= 0.3 is 0 Å². The van der Waals surface area contributed by atoms with Gasteiger partial charge in [0.2, 0.25) is 0 Å². The number of nitrogens with zero attached hydrogens (tertiary/aromatic N) is 1. The number of thiophene rings is 1. The molecule has 0 unspecified atom stereocenters. The van der Waals surface area contributed by atoms with Gasteiger partial charge in [-0.3, -0.25) is 4.90 Å². The first-order chi connectivity index (χ1) is 9.06. The summed E-state index contributed by atoms with van der Waals surface area (Å²) in [5.74, 6) is 0. The Morgan fingerprint density at radius 3 is 2.63 bits per heavy atom. The summed E-state index contributed by atoms with van der Waals surface area (Å²) in [6.07, 6.45) is 0. The van der Waals surface area contributed by atoms with Crippen molar-refractivity contribution >= 4 is 28.6 Å². The molecule has 0 spiro atoms. The van der Waals surface area contributed by atoms with E-state index < -0.39 is 0 Å². The lowest BCUT2D eigenvalue weighted by molar-refractivity contribution is 0.205. The summed E-state index contributed by atoms with van der Waals surface area (Å²) < 4.78 is 0. The zero-order valence-electron chi connectivity index (χ0n) is 11.3. The number of nitrogens with two attached hydrogens (primary N) is 1. The molecule has 0 fully saturated rings. The normalized spacial score (nSPS) is 11.4. The molecule has 0 aliphatic carbocycles. The molecule has 0 aliphatic heterocycles. The van der Waals surface area contributed by atoms with Crippen molar-refractivity contribution in [1.29, 1.82) is 0 Å². The molecule has 1 aromatic heterocycles. The molecular formula is C15H19ClN2S. The molecule has 2 rings (SSSR count). The van der Waals surface area contributed by atoms with Crippen molar-refractivity contribution in [3.63, 3.8) is 0 Å². The molecule has 0 bridgehead atoms. The third kappa shape index (κ3) is 3.96. The van der Waals surface area contributed by atoms with E-state index >= 15 is 0 Å². The Hall–Kier alpha value is -1.03. The quantitative estimate of drug-likeness (QED) is 0.829. The average molecular weight is 295 g/mol. The Morgan fingerprint density at radius 1 is 1.26 bits per heavy atom. The minimum atomic E-state index is 0.485. The Labute approximate surface area is 123 Å². The van der Waals surface area contributed by atoms with E-state index in [-0.39, 0.29) is 0 Å². The van der Waals surface area contributed by atoms with Crippen molar-refractivity contribution in [3.8, 4) is 0 Å². The molecule has 19 heavy (non-hydrogen) atoms. The molecular weight excluding hydrogens is 276 g/mol. The summed E-state index contributed by atoms with van der Waals surface area (Å²) in [4.78, 5) is 3.81. The van der Waals surface area contributed by atoms with E-state index in [4.69, 9.17) is 17.3 Å². The summed E-state index contributed by atoms with van der Waals surface area (Å²) in [5.41, 5.74) is 7.58. The molecule has 2 aromatic rings. The standard InChI is InChI=1S/C15H19ClN2S/c1-11(2)18(10-13-4-3-7-19-13)9-12-5-6-15(17)14(16)8-12/h3-8,11H,9-10,17H2,1-2H3. The number of anilines is 1. The minimum absolute atomic E-state index is 0.485. The van der Waals surface area contributed by atoms with Crippen molar-refractivity contribution in [2.75, 3.05) is 5.73 Å². The summed E-state index contributed by atoms with van der Waals surface area (Å²) in [5, 5.41) is 2.76. The molecule has 0 saturated carbocycles. The van der Waals surface area contributed by atoms with Crippen LogP contribution in [0.3, 0.4) is 0 Å². The molecule has 0 amide bonds. The first kappa shape index (κ1) is 14.4. The van der Waals surface area contributed by atoms with Gasteiger partial charge in [0.05, 0.1) is 10.7 Å². The van der Waals surface area contributed by atoms with Gasteiger partial charge in [-0.1, -0.05) is 23.7 Å². The molecule has 1 aromatic carbocycles. The summed E-state index contributed by atoms with van der Waals surface area (Å²) in [6, 6.07) is 10.6. The highest BCUT2D eigenvalue weighted by atomic mass is 35.5. The van der Waals surface area contributed by atoms with Crippen molar-refractivity contribution in [2.45, 2.75) is 33.0 Å². The highest BCUT2D eigenvalue weighted by Crippen LogP contribution is 2.22. The van der Waals surface area contributed by atoms with Crippen LogP contribution in [0.25, 0.3) is 0 Å². The van der Waals surface area contributed by atoms with Gasteiger partial charge < -0.3 is 5.73 Å². The maximum Gasteiger partial charge on any atom is 0.0638 e. The van der Waals surface area contributed by atoms with E-state index in [1.54, 1.807) is 11.3 Å². The molecule has 2 N–H and O–H groups in total. The number of nitrogen functional groups attached to an aromatic ring is 1. The summed E-state index contributed by atoms with van der Waals surface area (Å²) in [6.45, 7) is 6.28. The van der Waals surface area contributed by atoms with Gasteiger partial charge in [0.15, 0.2) is 0 Å². The monoisotopic (exact) mass is 294 g/mol. The van der Waals surface area contributed by atoms with Crippen LogP contribution in [0.1, 0.15) is 24.3 Å². The number of hydrogen-bond acceptors (Lipinski definition) is 3. The highest BCUT2D eigenvalue weighted by molar-refractivity contribution is 7.09. The van der Waals surface area contributed by atoms with E-state index in [0.29, 0.717) is 16.8 Å². The zero-order chi connectivity index (χ0) is 13.8. The lowest BCUT2D eigenvalue weighted by Gasteiger charge is -2.26. The van der Waals surface area contributed by atoms with Crippen molar-refractivity contribution < 1.29 is 0 Å². The van der Waals surface area contributed by atoms with Crippen molar-refractivity contribution in [2.24, 2.45) is 0 Å². The van der Waals surface area contributed by atoms with Crippen LogP contribution in [-0.4, -0.2) is 10.9 Å². The second-order valence-corrected chi connectivity index (χ2v) is 6.37. The van der Waals surface area contributed by atoms with Gasteiger partial charge in [0.25, 0.3) is 0 Å². The van der Waals surface area contributed by atoms with E-state index in [9.17, 15) is 0 Å². The first-order valence-corrected chi connectivity index (χ1v) is 7.62. The Balaban J connectivity index is 2.09. The van der Waals surface area contributed by atoms with Crippen LogP contribution in [0.2, 0.25) is 5.02 Å². The first-order valence-electron chi connectivity index (χ1n) is 6.36. The molecule has 0 aliphatic rings. The Bertz CT molecular complexity index is 523. The van der Waals surface area contributed by atoms with Gasteiger partial charge in [-0.05, 0) is 43.0 Å². The lowest BCUT2D eigenvalue weighted by Crippen LogP contribution is -2.29. The number of hydrogen-bond donors (Lipinski definition) is 1. The minimum Gasteiger partial charge on any atom is -0.398 e. The van der Waals surface area contributed by atoms with Crippen LogP contribution in [0, 0.1) is 0 Å². The molecule has 0 radical (unpaired) electrons. The van der Waals surface area contributed by atoms with Gasteiger partial charge in [0, 0.05) is 24.0 Å². The topological polar surface area (TPSA) is 29.3 Å². The van der Waals surface area contributed by atoms with Crippen LogP contribution >= 0.6 is 22.9 Å². The fourth-order valence-electron chi connectivity index (χ4n) is 1.93. The third-order valence-corrected chi connectivity index (χ3v) is 4.31. The predicted octanol–water partition coefficient (Wildman–Crippen LogP) is 4.39. The third-order valence-electron chi connectivity index (χ3n) is 3.12. The van der Waals surface area contributed by atoms with E-state index in [1.807, 2.05) is 18.2 Å². The van der Waals surface area contributed by atoms with Gasteiger partial charge in [-0.15, -0.1) is 11.3 Å². The van der Waals surface area contributed by atoms with Crippen LogP contribution in [0.4, 0.5) is 5.69 Å². The number of benzene rings is 1. The summed E-state index contributed by atoms with van der Waals surface area (Å²) in [7, 11) is 0. The second-order valence-electron chi connectivity index (χ2n) is 4.93. The Morgan fingerprint density at radius 2 is 2.05 bits per heavy atom. The molecule has 4 heteroatoms. The van der Waals surface area contributed by atoms with Crippen molar-refractivity contribution in [1.82, 2.24) is 4.90 Å². The SMILES string of the molecule is CC(C)N(Cc1ccc(N)c(Cl)c1)Cc1cccs1. The average Bonchev–Trinajstić information content (AvgIpc) is 2.86. The molecule has 102 valence electrons. The number of halogens is 1. The fraction of sp³-hybridized carbons (Fsp3) is 0.333. The zero-order valence-corrected chi connectivity index (χ0v) is 12.8. The number of rotatable bonds is 5. The lowest BCUT2D eigenvalue weighted by atomic mass is 10.1. The van der Waals surface area contributed by atoms with Gasteiger partial charge in [0.1, 0.15) is 0 Å². The van der Waals surface area contributed by atoms with Crippen LogP contribution in [-0.2, 0) is 13.1 Å². The van der Waals surface area contributed by atoms with Crippen LogP contribution in [0.15, 0.2) is 35.7 Å². The van der Waals surface area contributed by atoms with E-state index in [1.165, 1.54) is 10.4 Å². The fourth-order valence-corrected chi connectivity index (χ4v) is 2.86. The summed E-state index contributed by atoms with van der Waals surface area (Å²) >= 11 is 7.88. The Kier molecular flexibility index (Phi) is 4.86. The van der Waals surface area contributed by atoms with Crippen LogP contribution in [0.5, 0.6) is 0 Å². The highest BCUT2D eigenvalue weighted by Gasteiger charge is 2.12. The molecule has 0 atom stereocenters. The van der Waals surface area contributed by atoms with E-state index in [0.717, 1.165) is 13.1 Å². The predicted molar refractivity (Wildman–Crippen MR) is 84.6 cm³/mol. The van der Waals surface area contributed by atoms with Crippen molar-refractivity contribution in [3.05, 3.63) is 51.2 Å². The second kappa shape index (κ2) is 6.42.